The summed E-state index contributed by atoms with van der Waals surface area (Å²) in [5.74, 6) is 0.228. The lowest BCUT2D eigenvalue weighted by Crippen LogP contribution is -2.35. The molecule has 0 aliphatic heterocycles. The van der Waals surface area contributed by atoms with Gasteiger partial charge in [-0.25, -0.2) is 0 Å². The number of aryl methyl sites for hydroxylation is 2. The molecule has 19 heavy (non-hydrogen) atoms. The van der Waals surface area contributed by atoms with E-state index in [1.54, 1.807) is 11.3 Å². The Morgan fingerprint density at radius 3 is 2.89 bits per heavy atom. The van der Waals surface area contributed by atoms with Gasteiger partial charge in [-0.1, -0.05) is 34.5 Å². The van der Waals surface area contributed by atoms with Gasteiger partial charge < -0.3 is 4.55 Å². The molecule has 0 saturated heterocycles. The first-order valence-electron chi connectivity index (χ1n) is 6.03. The van der Waals surface area contributed by atoms with Crippen LogP contribution in [0.5, 0.6) is 0 Å². The summed E-state index contributed by atoms with van der Waals surface area (Å²) < 4.78 is 26.1. The smallest absolute Gasteiger partial charge is 0.242 e. The predicted octanol–water partition coefficient (Wildman–Crippen LogP) is 2.98. The Morgan fingerprint density at radius 1 is 1.32 bits per heavy atom. The number of thiazole rings is 1. The van der Waals surface area contributed by atoms with Crippen LogP contribution in [0.1, 0.15) is 11.4 Å². The molecule has 0 saturated carbocycles. The second kappa shape index (κ2) is 5.28. The molecule has 3 aromatic rings. The zero-order valence-electron chi connectivity index (χ0n) is 10.4. The van der Waals surface area contributed by atoms with E-state index >= 15 is 0 Å². The van der Waals surface area contributed by atoms with Crippen molar-refractivity contribution in [2.24, 2.45) is 0 Å². The highest BCUT2D eigenvalue weighted by atomic mass is 32.2. The molecule has 1 atom stereocenters. The van der Waals surface area contributed by atoms with Crippen LogP contribution in [0.25, 0.3) is 19.6 Å². The second-order valence-electron chi connectivity index (χ2n) is 4.37. The zero-order chi connectivity index (χ0) is 13.4. The highest BCUT2D eigenvalue weighted by Crippen LogP contribution is 2.35. The third-order valence-corrected chi connectivity index (χ3v) is 6.09. The maximum Gasteiger partial charge on any atom is 0.242 e. The second-order valence-corrected chi connectivity index (χ2v) is 7.90. The number of nitrogens with zero attached hydrogens (tertiary/aromatic N) is 1. The largest absolute Gasteiger partial charge is 0.772 e. The average Bonchev–Trinajstić information content (AvgIpc) is 2.85. The summed E-state index contributed by atoms with van der Waals surface area (Å²) in [5, 5.41) is 2.51. The lowest BCUT2D eigenvalue weighted by atomic mass is 10.2. The van der Waals surface area contributed by atoms with Gasteiger partial charge >= 0.3 is 0 Å². The minimum absolute atomic E-state index is 0.228. The summed E-state index contributed by atoms with van der Waals surface area (Å²) in [6.45, 7) is 2.86. The van der Waals surface area contributed by atoms with E-state index < -0.39 is 11.1 Å². The van der Waals surface area contributed by atoms with Crippen molar-refractivity contribution >= 4 is 53.4 Å². The maximum atomic E-state index is 10.6. The Labute approximate surface area is 121 Å². The first-order chi connectivity index (χ1) is 9.16. The summed E-state index contributed by atoms with van der Waals surface area (Å²) in [6.07, 6.45) is 0.664. The summed E-state index contributed by atoms with van der Waals surface area (Å²) in [4.78, 5) is 0. The van der Waals surface area contributed by atoms with E-state index in [1.807, 2.05) is 11.3 Å². The summed E-state index contributed by atoms with van der Waals surface area (Å²) in [5.41, 5.74) is 1.26. The highest BCUT2D eigenvalue weighted by molar-refractivity contribution is 7.79. The van der Waals surface area contributed by atoms with Crippen LogP contribution in [0.4, 0.5) is 0 Å². The van der Waals surface area contributed by atoms with Crippen molar-refractivity contribution in [3.8, 4) is 0 Å². The highest BCUT2D eigenvalue weighted by Gasteiger charge is 2.21. The fourth-order valence-corrected chi connectivity index (χ4v) is 5.27. The molecule has 0 radical (unpaired) electrons. The van der Waals surface area contributed by atoms with Gasteiger partial charge in [0.2, 0.25) is 10.5 Å². The molecule has 3 rings (SSSR count). The molecular formula is C13H13NO2S3. The van der Waals surface area contributed by atoms with Crippen molar-refractivity contribution in [3.63, 3.8) is 0 Å². The Balaban J connectivity index is 2.06. The van der Waals surface area contributed by atoms with E-state index in [0.717, 1.165) is 6.54 Å². The number of thiophene rings is 1. The first-order valence-corrected chi connectivity index (χ1v) is 8.91. The summed E-state index contributed by atoms with van der Waals surface area (Å²) in [6, 6.07) is 8.39. The quantitative estimate of drug-likeness (QED) is 0.549. The van der Waals surface area contributed by atoms with Crippen molar-refractivity contribution in [1.29, 1.82) is 0 Å². The molecule has 0 amide bonds. The Morgan fingerprint density at radius 2 is 2.11 bits per heavy atom. The summed E-state index contributed by atoms with van der Waals surface area (Å²) >= 11 is 1.66. The molecule has 0 bridgehead atoms. The molecule has 100 valence electrons. The normalized spacial score (nSPS) is 13.4. The Bertz CT molecular complexity index is 760. The molecule has 0 spiro atoms. The third kappa shape index (κ3) is 2.45. The molecule has 3 nitrogen and oxygen atoms in total. The molecule has 0 fully saturated rings. The first kappa shape index (κ1) is 13.2. The van der Waals surface area contributed by atoms with Crippen molar-refractivity contribution in [3.05, 3.63) is 29.3 Å². The van der Waals surface area contributed by atoms with Gasteiger partial charge in [0.05, 0.1) is 5.39 Å². The van der Waals surface area contributed by atoms with Gasteiger partial charge in [-0.3, -0.25) is 4.21 Å². The van der Waals surface area contributed by atoms with Crippen LogP contribution in [0.15, 0.2) is 24.3 Å². The van der Waals surface area contributed by atoms with Gasteiger partial charge in [-0.2, -0.15) is 4.57 Å². The third-order valence-electron chi connectivity index (χ3n) is 3.12. The lowest BCUT2D eigenvalue weighted by Gasteiger charge is -2.02. The number of rotatable bonds is 4. The number of benzene rings is 1. The molecule has 0 N–H and O–H groups in total. The van der Waals surface area contributed by atoms with Crippen LogP contribution >= 0.6 is 22.7 Å². The van der Waals surface area contributed by atoms with Crippen molar-refractivity contribution < 1.29 is 13.3 Å². The zero-order valence-corrected chi connectivity index (χ0v) is 12.9. The van der Waals surface area contributed by atoms with Crippen LogP contribution < -0.4 is 4.57 Å². The molecule has 2 aromatic heterocycles. The summed E-state index contributed by atoms with van der Waals surface area (Å²) in [7, 11) is 0. The minimum atomic E-state index is -1.94. The molecule has 2 heterocycles. The molecular weight excluding hydrogens is 298 g/mol. The lowest BCUT2D eigenvalue weighted by molar-refractivity contribution is -0.672. The fraction of sp³-hybridized carbons (Fsp3) is 0.308. The number of hydrogen-bond acceptors (Lipinski definition) is 4. The van der Waals surface area contributed by atoms with Crippen molar-refractivity contribution in [2.75, 3.05) is 5.75 Å². The van der Waals surface area contributed by atoms with Crippen LogP contribution in [0, 0.1) is 6.92 Å². The van der Waals surface area contributed by atoms with Crippen molar-refractivity contribution in [2.45, 2.75) is 19.9 Å². The van der Waals surface area contributed by atoms with Gasteiger partial charge in [0.15, 0.2) is 10.6 Å². The fourth-order valence-electron chi connectivity index (χ4n) is 2.29. The van der Waals surface area contributed by atoms with Gasteiger partial charge in [-0.05, 0) is 12.1 Å². The van der Waals surface area contributed by atoms with E-state index in [2.05, 4.69) is 35.8 Å². The molecule has 0 aliphatic rings. The monoisotopic (exact) mass is 311 g/mol. The SMILES string of the molecule is Cc1sc2sc3ccccc3c2[n+]1CCCS(=O)[O-]. The van der Waals surface area contributed by atoms with Gasteiger partial charge in [0.25, 0.3) is 0 Å². The van der Waals surface area contributed by atoms with E-state index in [1.165, 1.54) is 24.6 Å². The molecule has 0 aliphatic carbocycles. The topological polar surface area (TPSA) is 44.0 Å². The Kier molecular flexibility index (Phi) is 3.66. The number of hydrogen-bond donors (Lipinski definition) is 0. The van der Waals surface area contributed by atoms with Crippen molar-refractivity contribution in [1.82, 2.24) is 0 Å². The Hall–Kier alpha value is -0.820. The van der Waals surface area contributed by atoms with E-state index in [0.29, 0.717) is 6.42 Å². The van der Waals surface area contributed by atoms with Crippen LogP contribution in [-0.2, 0) is 17.6 Å². The van der Waals surface area contributed by atoms with Crippen LogP contribution in [-0.4, -0.2) is 14.5 Å². The molecule has 1 unspecified atom stereocenters. The van der Waals surface area contributed by atoms with Gasteiger partial charge in [0, 0.05) is 23.8 Å². The van der Waals surface area contributed by atoms with E-state index in [9.17, 15) is 8.76 Å². The minimum Gasteiger partial charge on any atom is -0.772 e. The van der Waals surface area contributed by atoms with Gasteiger partial charge in [0.1, 0.15) is 0 Å². The number of aromatic nitrogens is 1. The van der Waals surface area contributed by atoms with Crippen LogP contribution in [0.2, 0.25) is 0 Å². The molecule has 1 aromatic carbocycles. The number of fused-ring (bicyclic) bond motifs is 3. The molecule has 6 heteroatoms. The van der Waals surface area contributed by atoms with Crippen LogP contribution in [0.3, 0.4) is 0 Å². The van der Waals surface area contributed by atoms with E-state index in [-0.39, 0.29) is 5.75 Å². The standard InChI is InChI=1S/C13H13NO2S3/c1-9-14(7-4-8-19(15)16)12-10-5-2-3-6-11(10)18-13(12)17-9/h2-3,5-6H,4,7-8H2,1H3. The predicted molar refractivity (Wildman–Crippen MR) is 80.5 cm³/mol. The van der Waals surface area contributed by atoms with E-state index in [4.69, 9.17) is 0 Å². The average molecular weight is 311 g/mol. The van der Waals surface area contributed by atoms with Gasteiger partial charge in [-0.15, -0.1) is 11.3 Å². The maximum absolute atomic E-state index is 10.6.